The van der Waals surface area contributed by atoms with E-state index in [-0.39, 0.29) is 12.0 Å². The van der Waals surface area contributed by atoms with Crippen LogP contribution in [-0.4, -0.2) is 13.2 Å². The Morgan fingerprint density at radius 3 is 2.50 bits per heavy atom. The lowest BCUT2D eigenvalue weighted by Gasteiger charge is -2.35. The molecule has 1 nitrogen and oxygen atoms in total. The molecule has 2 unspecified atom stereocenters. The molecule has 0 spiro atoms. The Bertz CT molecular complexity index is 336. The Morgan fingerprint density at radius 2 is 2.00 bits per heavy atom. The van der Waals surface area contributed by atoms with Gasteiger partial charge in [0.05, 0.1) is 6.10 Å². The molecule has 1 fully saturated rings. The van der Waals surface area contributed by atoms with E-state index in [4.69, 9.17) is 4.74 Å². The van der Waals surface area contributed by atoms with Gasteiger partial charge in [-0.2, -0.15) is 0 Å². The van der Waals surface area contributed by atoms with Crippen LogP contribution in [0, 0.1) is 11.6 Å². The third-order valence-corrected chi connectivity index (χ3v) is 2.89. The summed E-state index contributed by atoms with van der Waals surface area (Å²) < 4.78 is 30.8. The lowest BCUT2D eigenvalue weighted by atomic mass is 9.77. The van der Waals surface area contributed by atoms with Crippen molar-refractivity contribution in [3.8, 4) is 0 Å². The molecule has 0 bridgehead atoms. The first-order valence-corrected chi connectivity index (χ1v) is 4.70. The predicted molar refractivity (Wildman–Crippen MR) is 49.1 cm³/mol. The fourth-order valence-electron chi connectivity index (χ4n) is 1.88. The van der Waals surface area contributed by atoms with E-state index < -0.39 is 11.6 Å². The van der Waals surface area contributed by atoms with Crippen LogP contribution in [0.25, 0.3) is 0 Å². The summed E-state index contributed by atoms with van der Waals surface area (Å²) in [6.45, 7) is 0. The minimum atomic E-state index is -0.790. The van der Waals surface area contributed by atoms with Gasteiger partial charge in [-0.05, 0) is 30.5 Å². The molecule has 1 aromatic rings. The smallest absolute Gasteiger partial charge is 0.159 e. The van der Waals surface area contributed by atoms with Crippen molar-refractivity contribution < 1.29 is 13.5 Å². The minimum absolute atomic E-state index is 0.167. The Labute approximate surface area is 81.7 Å². The topological polar surface area (TPSA) is 9.23 Å². The van der Waals surface area contributed by atoms with Gasteiger partial charge in [0.2, 0.25) is 0 Å². The molecule has 0 amide bonds. The van der Waals surface area contributed by atoms with Gasteiger partial charge in [-0.25, -0.2) is 8.78 Å². The fraction of sp³-hybridized carbons (Fsp3) is 0.455. The van der Waals surface area contributed by atoms with Gasteiger partial charge in [0.25, 0.3) is 0 Å². The van der Waals surface area contributed by atoms with Gasteiger partial charge in [-0.3, -0.25) is 0 Å². The van der Waals surface area contributed by atoms with Crippen molar-refractivity contribution in [3.05, 3.63) is 35.4 Å². The van der Waals surface area contributed by atoms with E-state index >= 15 is 0 Å². The monoisotopic (exact) mass is 198 g/mol. The number of rotatable bonds is 2. The summed E-state index contributed by atoms with van der Waals surface area (Å²) in [5, 5.41) is 0. The van der Waals surface area contributed by atoms with Gasteiger partial charge in [0.15, 0.2) is 11.6 Å². The molecule has 1 aliphatic rings. The van der Waals surface area contributed by atoms with Crippen LogP contribution in [0.1, 0.15) is 24.3 Å². The van der Waals surface area contributed by atoms with E-state index in [0.717, 1.165) is 18.4 Å². The van der Waals surface area contributed by atoms with Crippen LogP contribution in [-0.2, 0) is 4.74 Å². The summed E-state index contributed by atoms with van der Waals surface area (Å²) in [4.78, 5) is 0. The quantitative estimate of drug-likeness (QED) is 0.710. The maximum absolute atomic E-state index is 12.9. The van der Waals surface area contributed by atoms with Crippen molar-refractivity contribution in [2.24, 2.45) is 0 Å². The maximum Gasteiger partial charge on any atom is 0.159 e. The summed E-state index contributed by atoms with van der Waals surface area (Å²) >= 11 is 0. The van der Waals surface area contributed by atoms with Crippen molar-refractivity contribution in [2.45, 2.75) is 24.9 Å². The number of benzene rings is 1. The summed E-state index contributed by atoms with van der Waals surface area (Å²) in [7, 11) is 1.65. The second-order valence-electron chi connectivity index (χ2n) is 3.63. The zero-order valence-corrected chi connectivity index (χ0v) is 7.97. The van der Waals surface area contributed by atoms with E-state index in [1.54, 1.807) is 13.2 Å². The van der Waals surface area contributed by atoms with Gasteiger partial charge in [-0.1, -0.05) is 6.07 Å². The number of ether oxygens (including phenoxy) is 1. The highest BCUT2D eigenvalue weighted by atomic mass is 19.2. The second kappa shape index (κ2) is 3.65. The van der Waals surface area contributed by atoms with Crippen LogP contribution in [0.5, 0.6) is 0 Å². The zero-order valence-electron chi connectivity index (χ0n) is 7.97. The van der Waals surface area contributed by atoms with Crippen LogP contribution >= 0.6 is 0 Å². The first-order chi connectivity index (χ1) is 6.72. The van der Waals surface area contributed by atoms with Crippen LogP contribution < -0.4 is 0 Å². The van der Waals surface area contributed by atoms with Crippen molar-refractivity contribution in [2.75, 3.05) is 7.11 Å². The minimum Gasteiger partial charge on any atom is -0.381 e. The molecule has 0 heterocycles. The third kappa shape index (κ3) is 1.52. The highest BCUT2D eigenvalue weighted by molar-refractivity contribution is 5.25. The molecule has 1 aromatic carbocycles. The molecular formula is C11H12F2O. The molecule has 0 aliphatic heterocycles. The summed E-state index contributed by atoms with van der Waals surface area (Å²) in [6, 6.07) is 4.08. The first kappa shape index (κ1) is 9.59. The van der Waals surface area contributed by atoms with E-state index in [2.05, 4.69) is 0 Å². The molecule has 0 aromatic heterocycles. The average Bonchev–Trinajstić information content (AvgIpc) is 2.10. The van der Waals surface area contributed by atoms with Gasteiger partial charge < -0.3 is 4.74 Å². The molecular weight excluding hydrogens is 186 g/mol. The predicted octanol–water partition coefficient (Wildman–Crippen LogP) is 2.86. The van der Waals surface area contributed by atoms with E-state index in [9.17, 15) is 8.78 Å². The first-order valence-electron chi connectivity index (χ1n) is 4.70. The van der Waals surface area contributed by atoms with Crippen LogP contribution in [0.4, 0.5) is 8.78 Å². The van der Waals surface area contributed by atoms with Gasteiger partial charge >= 0.3 is 0 Å². The Hall–Kier alpha value is -0.960. The van der Waals surface area contributed by atoms with E-state index in [0.29, 0.717) is 0 Å². The molecule has 76 valence electrons. The van der Waals surface area contributed by atoms with Gasteiger partial charge in [-0.15, -0.1) is 0 Å². The Morgan fingerprint density at radius 1 is 1.21 bits per heavy atom. The molecule has 3 heteroatoms. The summed E-state index contributed by atoms with van der Waals surface area (Å²) in [5.41, 5.74) is 0.835. The lowest BCUT2D eigenvalue weighted by molar-refractivity contribution is 0.0181. The van der Waals surface area contributed by atoms with Crippen LogP contribution in [0.2, 0.25) is 0 Å². The maximum atomic E-state index is 12.9. The molecule has 0 N–H and O–H groups in total. The molecule has 14 heavy (non-hydrogen) atoms. The number of hydrogen-bond donors (Lipinski definition) is 0. The molecule has 2 rings (SSSR count). The summed E-state index contributed by atoms with van der Waals surface area (Å²) in [5.74, 6) is -1.33. The molecule has 1 saturated carbocycles. The Balaban J connectivity index is 2.20. The fourth-order valence-corrected chi connectivity index (χ4v) is 1.88. The van der Waals surface area contributed by atoms with Crippen molar-refractivity contribution in [1.29, 1.82) is 0 Å². The third-order valence-electron chi connectivity index (χ3n) is 2.89. The number of halogens is 2. The average molecular weight is 198 g/mol. The summed E-state index contributed by atoms with van der Waals surface area (Å²) in [6.07, 6.45) is 2.16. The van der Waals surface area contributed by atoms with Crippen molar-refractivity contribution in [3.63, 3.8) is 0 Å². The van der Waals surface area contributed by atoms with E-state index in [1.165, 1.54) is 12.1 Å². The molecule has 0 saturated heterocycles. The largest absolute Gasteiger partial charge is 0.381 e. The van der Waals surface area contributed by atoms with Gasteiger partial charge in [0, 0.05) is 13.0 Å². The molecule has 0 radical (unpaired) electrons. The van der Waals surface area contributed by atoms with Crippen molar-refractivity contribution in [1.82, 2.24) is 0 Å². The molecule has 1 aliphatic carbocycles. The Kier molecular flexibility index (Phi) is 2.50. The van der Waals surface area contributed by atoms with Crippen LogP contribution in [0.3, 0.4) is 0 Å². The highest BCUT2D eigenvalue weighted by Crippen LogP contribution is 2.38. The zero-order chi connectivity index (χ0) is 10.1. The van der Waals surface area contributed by atoms with Crippen LogP contribution in [0.15, 0.2) is 18.2 Å². The highest BCUT2D eigenvalue weighted by Gasteiger charge is 2.32. The number of hydrogen-bond acceptors (Lipinski definition) is 1. The van der Waals surface area contributed by atoms with Gasteiger partial charge in [0.1, 0.15) is 0 Å². The lowest BCUT2D eigenvalue weighted by Crippen LogP contribution is -2.31. The second-order valence-corrected chi connectivity index (χ2v) is 3.63. The van der Waals surface area contributed by atoms with Crippen molar-refractivity contribution >= 4 is 0 Å². The normalized spacial score (nSPS) is 25.9. The number of methoxy groups -OCH3 is 1. The standard InChI is InChI=1S/C11H12F2O/c1-14-11-5-3-8(11)7-2-4-9(12)10(13)6-7/h2,4,6,8,11H,3,5H2,1H3. The van der Waals surface area contributed by atoms with E-state index in [1.807, 2.05) is 0 Å². The SMILES string of the molecule is COC1CCC1c1ccc(F)c(F)c1. The molecule has 2 atom stereocenters.